The molecule has 4 amide bonds. The molecule has 0 bridgehead atoms. The molecule has 1 aliphatic heterocycles. The zero-order valence-corrected chi connectivity index (χ0v) is 15.6. The summed E-state index contributed by atoms with van der Waals surface area (Å²) < 4.78 is 5.10. The molecule has 2 heterocycles. The maximum atomic E-state index is 12.5. The lowest BCUT2D eigenvalue weighted by Gasteiger charge is -2.13. The number of carbonyl (C=O) groups excluding carboxylic acids is 3. The number of imide groups is 1. The molecule has 0 aliphatic carbocycles. The Hall–Kier alpha value is -3.42. The molecule has 1 fully saturated rings. The summed E-state index contributed by atoms with van der Waals surface area (Å²) in [6.45, 7) is 0.505. The largest absolute Gasteiger partial charge is 0.497 e. The lowest BCUT2D eigenvalue weighted by molar-refractivity contribution is -0.128. The summed E-state index contributed by atoms with van der Waals surface area (Å²) >= 11 is 0. The number of methoxy groups -OCH3 is 1. The van der Waals surface area contributed by atoms with Crippen LogP contribution in [0.1, 0.15) is 24.1 Å². The van der Waals surface area contributed by atoms with Gasteiger partial charge in [0.05, 0.1) is 25.9 Å². The van der Waals surface area contributed by atoms with Crippen molar-refractivity contribution in [2.24, 2.45) is 0 Å². The quantitative estimate of drug-likeness (QED) is 0.676. The lowest BCUT2D eigenvalue weighted by Crippen LogP contribution is -2.32. The molecule has 1 saturated heterocycles. The number of aromatic nitrogens is 1. The average Bonchev–Trinajstić information content (AvgIpc) is 2.99. The number of benzene rings is 1. The molecule has 0 saturated carbocycles. The van der Waals surface area contributed by atoms with Crippen LogP contribution >= 0.6 is 0 Å². The van der Waals surface area contributed by atoms with Crippen molar-refractivity contribution < 1.29 is 19.1 Å². The zero-order chi connectivity index (χ0) is 19.9. The van der Waals surface area contributed by atoms with Crippen molar-refractivity contribution in [3.05, 3.63) is 59.9 Å². The highest BCUT2D eigenvalue weighted by Crippen LogP contribution is 2.17. The first-order valence-electron chi connectivity index (χ1n) is 8.98. The molecule has 146 valence electrons. The Morgan fingerprint density at radius 1 is 1.21 bits per heavy atom. The van der Waals surface area contributed by atoms with Crippen molar-refractivity contribution in [1.29, 1.82) is 0 Å². The number of nitrogens with zero attached hydrogens (tertiary/aromatic N) is 2. The van der Waals surface area contributed by atoms with Crippen molar-refractivity contribution in [3.63, 3.8) is 0 Å². The van der Waals surface area contributed by atoms with Gasteiger partial charge in [0.15, 0.2) is 0 Å². The van der Waals surface area contributed by atoms with Crippen LogP contribution in [-0.4, -0.2) is 40.9 Å². The molecule has 0 spiro atoms. The van der Waals surface area contributed by atoms with Gasteiger partial charge >= 0.3 is 6.03 Å². The molecule has 0 radical (unpaired) electrons. The Kier molecular flexibility index (Phi) is 6.21. The van der Waals surface area contributed by atoms with E-state index in [0.717, 1.165) is 16.2 Å². The second kappa shape index (κ2) is 8.98. The highest BCUT2D eigenvalue weighted by atomic mass is 16.5. The van der Waals surface area contributed by atoms with E-state index in [1.165, 1.54) is 0 Å². The summed E-state index contributed by atoms with van der Waals surface area (Å²) in [7, 11) is 1.57. The van der Waals surface area contributed by atoms with Gasteiger partial charge in [0.25, 0.3) is 5.91 Å². The second-order valence-electron chi connectivity index (χ2n) is 6.41. The highest BCUT2D eigenvalue weighted by molar-refractivity contribution is 6.04. The number of hydrogen-bond acceptors (Lipinski definition) is 5. The molecule has 1 aromatic heterocycles. The van der Waals surface area contributed by atoms with E-state index >= 15 is 0 Å². The van der Waals surface area contributed by atoms with Crippen molar-refractivity contribution in [2.75, 3.05) is 7.11 Å². The maximum Gasteiger partial charge on any atom is 0.325 e. The second-order valence-corrected chi connectivity index (χ2v) is 6.41. The van der Waals surface area contributed by atoms with Crippen LogP contribution in [0, 0.1) is 0 Å². The number of ether oxygens (including phenoxy) is 1. The van der Waals surface area contributed by atoms with Gasteiger partial charge in [-0.3, -0.25) is 19.5 Å². The van der Waals surface area contributed by atoms with E-state index in [4.69, 9.17) is 4.74 Å². The number of carbonyl (C=O) groups is 3. The van der Waals surface area contributed by atoms with Gasteiger partial charge in [0.1, 0.15) is 11.8 Å². The van der Waals surface area contributed by atoms with Gasteiger partial charge in [-0.05, 0) is 36.2 Å². The van der Waals surface area contributed by atoms with E-state index in [2.05, 4.69) is 15.6 Å². The number of urea groups is 1. The van der Waals surface area contributed by atoms with Gasteiger partial charge in [0.2, 0.25) is 5.91 Å². The Morgan fingerprint density at radius 2 is 2.00 bits per heavy atom. The minimum absolute atomic E-state index is 0.139. The first-order valence-corrected chi connectivity index (χ1v) is 8.98. The summed E-state index contributed by atoms with van der Waals surface area (Å²) in [4.78, 5) is 42.0. The number of rotatable bonds is 8. The van der Waals surface area contributed by atoms with E-state index in [1.807, 2.05) is 12.1 Å². The fourth-order valence-electron chi connectivity index (χ4n) is 2.89. The molecule has 3 rings (SSSR count). The Bertz CT molecular complexity index is 839. The third kappa shape index (κ3) is 4.85. The molecule has 1 aliphatic rings. The summed E-state index contributed by atoms with van der Waals surface area (Å²) in [6, 6.07) is 11.5. The van der Waals surface area contributed by atoms with Crippen LogP contribution in [0.5, 0.6) is 5.75 Å². The van der Waals surface area contributed by atoms with Crippen molar-refractivity contribution in [1.82, 2.24) is 20.5 Å². The Labute approximate surface area is 162 Å². The molecular weight excluding hydrogens is 360 g/mol. The van der Waals surface area contributed by atoms with Gasteiger partial charge in [-0.2, -0.15) is 0 Å². The van der Waals surface area contributed by atoms with Crippen LogP contribution in [-0.2, 0) is 22.7 Å². The van der Waals surface area contributed by atoms with E-state index in [1.54, 1.807) is 43.6 Å². The molecule has 1 atom stereocenters. The molecule has 2 N–H and O–H groups in total. The highest BCUT2D eigenvalue weighted by Gasteiger charge is 2.37. The van der Waals surface area contributed by atoms with Crippen LogP contribution in [0.4, 0.5) is 4.79 Å². The molecule has 1 unspecified atom stereocenters. The fraction of sp³-hybridized carbons (Fsp3) is 0.300. The van der Waals surface area contributed by atoms with Gasteiger partial charge < -0.3 is 15.4 Å². The van der Waals surface area contributed by atoms with Crippen LogP contribution < -0.4 is 15.4 Å². The summed E-state index contributed by atoms with van der Waals surface area (Å²) in [5.41, 5.74) is 1.57. The maximum absolute atomic E-state index is 12.5. The van der Waals surface area contributed by atoms with Crippen LogP contribution in [0.25, 0.3) is 0 Å². The number of amides is 4. The normalized spacial score (nSPS) is 16.0. The fourth-order valence-corrected chi connectivity index (χ4v) is 2.89. The van der Waals surface area contributed by atoms with Gasteiger partial charge in [0, 0.05) is 12.6 Å². The van der Waals surface area contributed by atoms with Gasteiger partial charge in [-0.1, -0.05) is 18.2 Å². The third-order valence-electron chi connectivity index (χ3n) is 4.46. The minimum atomic E-state index is -0.689. The molecule has 1 aromatic carbocycles. The molecule has 2 aromatic rings. The summed E-state index contributed by atoms with van der Waals surface area (Å²) in [5, 5.41) is 5.41. The summed E-state index contributed by atoms with van der Waals surface area (Å²) in [6.07, 6.45) is 2.04. The SMILES string of the molecule is COc1ccc(CN2C(=O)NC(CCC(=O)NCc3ccccn3)C2=O)cc1. The lowest BCUT2D eigenvalue weighted by atomic mass is 10.1. The standard InChI is InChI=1S/C20H22N4O4/c1-28-16-7-5-14(6-8-16)13-24-19(26)17(23-20(24)27)9-10-18(25)22-12-15-4-2-3-11-21-15/h2-8,11,17H,9-10,12-13H2,1H3,(H,22,25)(H,23,27). The average molecular weight is 382 g/mol. The van der Waals surface area contributed by atoms with Gasteiger partial charge in [-0.25, -0.2) is 4.79 Å². The topological polar surface area (TPSA) is 101 Å². The predicted molar refractivity (Wildman–Crippen MR) is 101 cm³/mol. The van der Waals surface area contributed by atoms with Crippen molar-refractivity contribution in [3.8, 4) is 5.75 Å². The van der Waals surface area contributed by atoms with E-state index in [0.29, 0.717) is 12.3 Å². The molecular formula is C20H22N4O4. The van der Waals surface area contributed by atoms with E-state index in [-0.39, 0.29) is 31.2 Å². The van der Waals surface area contributed by atoms with E-state index < -0.39 is 12.1 Å². The predicted octanol–water partition coefficient (Wildman–Crippen LogP) is 1.61. The smallest absolute Gasteiger partial charge is 0.325 e. The molecule has 28 heavy (non-hydrogen) atoms. The summed E-state index contributed by atoms with van der Waals surface area (Å²) in [5.74, 6) is 0.190. The third-order valence-corrected chi connectivity index (χ3v) is 4.46. The minimum Gasteiger partial charge on any atom is -0.497 e. The first-order chi connectivity index (χ1) is 13.6. The number of pyridine rings is 1. The number of hydrogen-bond donors (Lipinski definition) is 2. The van der Waals surface area contributed by atoms with E-state index in [9.17, 15) is 14.4 Å². The van der Waals surface area contributed by atoms with Crippen molar-refractivity contribution >= 4 is 17.8 Å². The van der Waals surface area contributed by atoms with Crippen LogP contribution in [0.15, 0.2) is 48.7 Å². The van der Waals surface area contributed by atoms with Crippen LogP contribution in [0.2, 0.25) is 0 Å². The monoisotopic (exact) mass is 382 g/mol. The number of nitrogens with one attached hydrogen (secondary N) is 2. The molecule has 8 nitrogen and oxygen atoms in total. The Morgan fingerprint density at radius 3 is 2.68 bits per heavy atom. The first kappa shape index (κ1) is 19.3. The van der Waals surface area contributed by atoms with Crippen molar-refractivity contribution in [2.45, 2.75) is 32.0 Å². The molecule has 8 heteroatoms. The zero-order valence-electron chi connectivity index (χ0n) is 15.6. The van der Waals surface area contributed by atoms with Gasteiger partial charge in [-0.15, -0.1) is 0 Å². The van der Waals surface area contributed by atoms with Crippen LogP contribution in [0.3, 0.4) is 0 Å². The Balaban J connectivity index is 1.48.